The van der Waals surface area contributed by atoms with Gasteiger partial charge in [0, 0.05) is 42.2 Å². The third kappa shape index (κ3) is 3.87. The van der Waals surface area contributed by atoms with Gasteiger partial charge < -0.3 is 5.32 Å². The first-order valence-corrected chi connectivity index (χ1v) is 7.65. The lowest BCUT2D eigenvalue weighted by Gasteiger charge is -2.02. The van der Waals surface area contributed by atoms with Crippen molar-refractivity contribution in [2.24, 2.45) is 0 Å². The van der Waals surface area contributed by atoms with Gasteiger partial charge >= 0.3 is 0 Å². The van der Waals surface area contributed by atoms with Crippen molar-refractivity contribution >= 4 is 17.2 Å². The maximum atomic E-state index is 11.4. The molecule has 1 N–H and O–H groups in total. The van der Waals surface area contributed by atoms with E-state index < -0.39 is 0 Å². The van der Waals surface area contributed by atoms with Crippen molar-refractivity contribution in [1.82, 2.24) is 15.3 Å². The van der Waals surface area contributed by atoms with Crippen molar-refractivity contribution in [3.63, 3.8) is 0 Å². The van der Waals surface area contributed by atoms with Crippen LogP contribution < -0.4 is 5.32 Å². The van der Waals surface area contributed by atoms with Crippen LogP contribution >= 0.6 is 11.3 Å². The SMILES string of the molecule is CCCC(=O)NCCc1sc(-c2ccncc2)nc1C. The maximum Gasteiger partial charge on any atom is 0.219 e. The second kappa shape index (κ2) is 7.14. The molecule has 106 valence electrons. The Morgan fingerprint density at radius 3 is 2.80 bits per heavy atom. The van der Waals surface area contributed by atoms with Crippen LogP contribution in [0.4, 0.5) is 0 Å². The van der Waals surface area contributed by atoms with E-state index in [0.29, 0.717) is 13.0 Å². The maximum absolute atomic E-state index is 11.4. The van der Waals surface area contributed by atoms with Gasteiger partial charge in [-0.1, -0.05) is 6.92 Å². The molecule has 0 bridgehead atoms. The highest BCUT2D eigenvalue weighted by Gasteiger charge is 2.09. The third-order valence-corrected chi connectivity index (χ3v) is 4.24. The molecule has 0 unspecified atom stereocenters. The number of thiazole rings is 1. The fourth-order valence-corrected chi connectivity index (χ4v) is 2.98. The number of carbonyl (C=O) groups is 1. The smallest absolute Gasteiger partial charge is 0.219 e. The summed E-state index contributed by atoms with van der Waals surface area (Å²) in [4.78, 5) is 21.3. The monoisotopic (exact) mass is 289 g/mol. The second-order valence-corrected chi connectivity index (χ2v) is 5.70. The lowest BCUT2D eigenvalue weighted by molar-refractivity contribution is -0.121. The molecule has 2 rings (SSSR count). The summed E-state index contributed by atoms with van der Waals surface area (Å²) in [5, 5.41) is 3.95. The summed E-state index contributed by atoms with van der Waals surface area (Å²) in [5.74, 6) is 0.129. The fourth-order valence-electron chi connectivity index (χ4n) is 1.91. The van der Waals surface area contributed by atoms with Gasteiger partial charge in [-0.15, -0.1) is 11.3 Å². The van der Waals surface area contributed by atoms with Gasteiger partial charge in [-0.25, -0.2) is 4.98 Å². The predicted octanol–water partition coefficient (Wildman–Crippen LogP) is 2.97. The Labute approximate surface area is 123 Å². The molecule has 4 nitrogen and oxygen atoms in total. The quantitative estimate of drug-likeness (QED) is 0.889. The van der Waals surface area contributed by atoms with Crippen LogP contribution in [0.2, 0.25) is 0 Å². The van der Waals surface area contributed by atoms with Crippen molar-refractivity contribution in [3.8, 4) is 10.6 Å². The molecule has 0 fully saturated rings. The zero-order valence-corrected chi connectivity index (χ0v) is 12.7. The minimum atomic E-state index is 0.129. The van der Waals surface area contributed by atoms with E-state index in [1.165, 1.54) is 4.88 Å². The largest absolute Gasteiger partial charge is 0.356 e. The molecular formula is C15H19N3OS. The highest BCUT2D eigenvalue weighted by atomic mass is 32.1. The summed E-state index contributed by atoms with van der Waals surface area (Å²) >= 11 is 1.69. The average molecular weight is 289 g/mol. The molecule has 0 spiro atoms. The fraction of sp³-hybridized carbons (Fsp3) is 0.400. The summed E-state index contributed by atoms with van der Waals surface area (Å²) in [5.41, 5.74) is 2.14. The van der Waals surface area contributed by atoms with Crippen LogP contribution in [0.3, 0.4) is 0 Å². The Morgan fingerprint density at radius 2 is 2.10 bits per heavy atom. The molecule has 0 aliphatic heterocycles. The molecule has 0 aliphatic rings. The van der Waals surface area contributed by atoms with Crippen LogP contribution in [0.5, 0.6) is 0 Å². The number of amides is 1. The first kappa shape index (κ1) is 14.7. The van der Waals surface area contributed by atoms with Gasteiger partial charge in [-0.3, -0.25) is 9.78 Å². The first-order valence-electron chi connectivity index (χ1n) is 6.84. The van der Waals surface area contributed by atoms with Crippen LogP contribution in [-0.2, 0) is 11.2 Å². The van der Waals surface area contributed by atoms with E-state index in [4.69, 9.17) is 0 Å². The van der Waals surface area contributed by atoms with Gasteiger partial charge in [0.1, 0.15) is 5.01 Å². The van der Waals surface area contributed by atoms with Crippen molar-refractivity contribution in [3.05, 3.63) is 35.1 Å². The molecule has 0 aliphatic carbocycles. The van der Waals surface area contributed by atoms with Crippen LogP contribution in [0, 0.1) is 6.92 Å². The molecule has 0 aromatic carbocycles. The topological polar surface area (TPSA) is 54.9 Å². The van der Waals surface area contributed by atoms with Crippen LogP contribution in [0.15, 0.2) is 24.5 Å². The predicted molar refractivity (Wildman–Crippen MR) is 81.7 cm³/mol. The van der Waals surface area contributed by atoms with Crippen molar-refractivity contribution in [2.45, 2.75) is 33.1 Å². The van der Waals surface area contributed by atoms with E-state index >= 15 is 0 Å². The van der Waals surface area contributed by atoms with Crippen LogP contribution in [-0.4, -0.2) is 22.4 Å². The molecule has 0 radical (unpaired) electrons. The standard InChI is InChI=1S/C15H19N3OS/c1-3-4-14(19)17-10-7-13-11(2)18-15(20-13)12-5-8-16-9-6-12/h5-6,8-9H,3-4,7,10H2,1-2H3,(H,17,19). The number of pyridine rings is 1. The molecule has 2 aromatic rings. The molecular weight excluding hydrogens is 270 g/mol. The molecule has 2 aromatic heterocycles. The van der Waals surface area contributed by atoms with Crippen molar-refractivity contribution in [2.75, 3.05) is 6.54 Å². The summed E-state index contributed by atoms with van der Waals surface area (Å²) in [7, 11) is 0. The molecule has 1 amide bonds. The van der Waals surface area contributed by atoms with Crippen LogP contribution in [0.25, 0.3) is 10.6 Å². The lowest BCUT2D eigenvalue weighted by Crippen LogP contribution is -2.25. The lowest BCUT2D eigenvalue weighted by atomic mass is 10.2. The first-order chi connectivity index (χ1) is 9.70. The number of rotatable bonds is 6. The van der Waals surface area contributed by atoms with E-state index in [1.54, 1.807) is 23.7 Å². The summed E-state index contributed by atoms with van der Waals surface area (Å²) in [6.07, 6.45) is 5.87. The second-order valence-electron chi connectivity index (χ2n) is 4.61. The van der Waals surface area contributed by atoms with E-state index in [9.17, 15) is 4.79 Å². The highest BCUT2D eigenvalue weighted by molar-refractivity contribution is 7.15. The number of hydrogen-bond donors (Lipinski definition) is 1. The third-order valence-electron chi connectivity index (χ3n) is 2.97. The van der Waals surface area contributed by atoms with E-state index in [1.807, 2.05) is 26.0 Å². The van der Waals surface area contributed by atoms with Crippen molar-refractivity contribution in [1.29, 1.82) is 0 Å². The summed E-state index contributed by atoms with van der Waals surface area (Å²) < 4.78 is 0. The minimum Gasteiger partial charge on any atom is -0.356 e. The molecule has 2 heterocycles. The molecule has 0 saturated heterocycles. The molecule has 0 atom stereocenters. The van der Waals surface area contributed by atoms with Gasteiger partial charge in [0.15, 0.2) is 0 Å². The van der Waals surface area contributed by atoms with E-state index in [0.717, 1.165) is 29.1 Å². The zero-order chi connectivity index (χ0) is 14.4. The van der Waals surface area contributed by atoms with E-state index in [-0.39, 0.29) is 5.91 Å². The van der Waals surface area contributed by atoms with Gasteiger partial charge in [-0.2, -0.15) is 0 Å². The number of hydrogen-bond acceptors (Lipinski definition) is 4. The van der Waals surface area contributed by atoms with Gasteiger partial charge in [-0.05, 0) is 25.5 Å². The highest BCUT2D eigenvalue weighted by Crippen LogP contribution is 2.27. The Morgan fingerprint density at radius 1 is 1.35 bits per heavy atom. The normalized spacial score (nSPS) is 10.5. The van der Waals surface area contributed by atoms with E-state index in [2.05, 4.69) is 15.3 Å². The Bertz CT molecular complexity index is 566. The number of nitrogens with zero attached hydrogens (tertiary/aromatic N) is 2. The average Bonchev–Trinajstić information content (AvgIpc) is 2.82. The van der Waals surface area contributed by atoms with Crippen molar-refractivity contribution < 1.29 is 4.79 Å². The number of nitrogens with one attached hydrogen (secondary N) is 1. The Kier molecular flexibility index (Phi) is 5.24. The summed E-state index contributed by atoms with van der Waals surface area (Å²) in [6.45, 7) is 4.70. The summed E-state index contributed by atoms with van der Waals surface area (Å²) in [6, 6.07) is 3.93. The number of carbonyl (C=O) groups excluding carboxylic acids is 1. The van der Waals surface area contributed by atoms with Gasteiger partial charge in [0.2, 0.25) is 5.91 Å². The van der Waals surface area contributed by atoms with Gasteiger partial charge in [0.25, 0.3) is 0 Å². The Balaban J connectivity index is 1.96. The molecule has 5 heteroatoms. The van der Waals surface area contributed by atoms with Gasteiger partial charge in [0.05, 0.1) is 5.69 Å². The molecule has 0 saturated carbocycles. The molecule has 20 heavy (non-hydrogen) atoms. The zero-order valence-electron chi connectivity index (χ0n) is 11.8. The van der Waals surface area contributed by atoms with Crippen LogP contribution in [0.1, 0.15) is 30.3 Å². The number of aromatic nitrogens is 2. The minimum absolute atomic E-state index is 0.129. The number of aryl methyl sites for hydroxylation is 1. The Hall–Kier alpha value is -1.75.